The first kappa shape index (κ1) is 15.3. The summed E-state index contributed by atoms with van der Waals surface area (Å²) >= 11 is 0. The summed E-state index contributed by atoms with van der Waals surface area (Å²) in [6.07, 6.45) is 8.83. The third-order valence-electron chi connectivity index (χ3n) is 5.19. The Morgan fingerprint density at radius 2 is 1.86 bits per heavy atom. The molecule has 1 atom stereocenters. The van der Waals surface area contributed by atoms with Crippen molar-refractivity contribution in [3.05, 3.63) is 0 Å². The van der Waals surface area contributed by atoms with Crippen LogP contribution in [0.4, 0.5) is 0 Å². The molecule has 0 aromatic carbocycles. The fourth-order valence-electron chi connectivity index (χ4n) is 3.88. The van der Waals surface area contributed by atoms with E-state index in [9.17, 15) is 4.79 Å². The van der Waals surface area contributed by atoms with Gasteiger partial charge in [0, 0.05) is 38.3 Å². The fraction of sp³-hybridized carbons (Fsp3) is 0.938. The molecule has 1 amide bonds. The van der Waals surface area contributed by atoms with E-state index in [-0.39, 0.29) is 12.0 Å². The summed E-state index contributed by atoms with van der Waals surface area (Å²) in [6.45, 7) is 4.41. The second kappa shape index (κ2) is 7.56. The maximum atomic E-state index is 12.2. The molecular weight excluding hydrogens is 266 g/mol. The predicted molar refractivity (Wildman–Crippen MR) is 82.2 cm³/mol. The number of nitrogens with zero attached hydrogens (tertiary/aromatic N) is 1. The number of nitrogens with one attached hydrogen (secondary N) is 2. The number of amides is 1. The molecule has 0 spiro atoms. The molecule has 2 N–H and O–H groups in total. The molecule has 2 heterocycles. The SMILES string of the molecule is O=C(NC1CCN(C2CCCCC2)CC1)C1CNCCO1. The van der Waals surface area contributed by atoms with Crippen molar-refractivity contribution >= 4 is 5.91 Å². The lowest BCUT2D eigenvalue weighted by molar-refractivity contribution is -0.135. The first-order chi connectivity index (χ1) is 10.3. The molecule has 5 heteroatoms. The van der Waals surface area contributed by atoms with Gasteiger partial charge in [-0.1, -0.05) is 19.3 Å². The summed E-state index contributed by atoms with van der Waals surface area (Å²) in [7, 11) is 0. The Morgan fingerprint density at radius 1 is 1.10 bits per heavy atom. The minimum atomic E-state index is -0.296. The van der Waals surface area contributed by atoms with Crippen LogP contribution in [-0.2, 0) is 9.53 Å². The zero-order valence-corrected chi connectivity index (χ0v) is 13.0. The van der Waals surface area contributed by atoms with E-state index in [1.54, 1.807) is 0 Å². The number of carbonyl (C=O) groups excluding carboxylic acids is 1. The summed E-state index contributed by atoms with van der Waals surface area (Å²) in [6, 6.07) is 1.14. The Labute approximate surface area is 127 Å². The molecule has 2 saturated heterocycles. The van der Waals surface area contributed by atoms with Crippen molar-refractivity contribution in [2.24, 2.45) is 0 Å². The van der Waals surface area contributed by atoms with Crippen LogP contribution in [0.1, 0.15) is 44.9 Å². The minimum absolute atomic E-state index is 0.0679. The van der Waals surface area contributed by atoms with Gasteiger partial charge in [0.15, 0.2) is 0 Å². The van der Waals surface area contributed by atoms with Gasteiger partial charge < -0.3 is 20.3 Å². The van der Waals surface area contributed by atoms with Gasteiger partial charge in [-0.15, -0.1) is 0 Å². The standard InChI is InChI=1S/C16H29N3O2/c20-16(15-12-17-8-11-21-15)18-13-6-9-19(10-7-13)14-4-2-1-3-5-14/h13-15,17H,1-12H2,(H,18,20). The first-order valence-electron chi connectivity index (χ1n) is 8.69. The van der Waals surface area contributed by atoms with Crippen LogP contribution in [0.15, 0.2) is 0 Å². The van der Waals surface area contributed by atoms with Crippen molar-refractivity contribution in [2.45, 2.75) is 63.1 Å². The van der Waals surface area contributed by atoms with Crippen LogP contribution in [-0.4, -0.2) is 61.8 Å². The highest BCUT2D eigenvalue weighted by atomic mass is 16.5. The van der Waals surface area contributed by atoms with E-state index in [0.717, 1.165) is 38.5 Å². The van der Waals surface area contributed by atoms with Crippen LogP contribution in [0.25, 0.3) is 0 Å². The molecule has 2 aliphatic heterocycles. The van der Waals surface area contributed by atoms with Gasteiger partial charge in [-0.25, -0.2) is 0 Å². The van der Waals surface area contributed by atoms with Crippen molar-refractivity contribution in [1.29, 1.82) is 0 Å². The Hall–Kier alpha value is -0.650. The third-order valence-corrected chi connectivity index (χ3v) is 5.19. The highest BCUT2D eigenvalue weighted by Crippen LogP contribution is 2.25. The summed E-state index contributed by atoms with van der Waals surface area (Å²) in [5.74, 6) is 0.0679. The Balaban J connectivity index is 1.39. The number of carbonyl (C=O) groups is 1. The summed E-state index contributed by atoms with van der Waals surface area (Å²) in [5, 5.41) is 6.39. The van der Waals surface area contributed by atoms with E-state index in [1.165, 1.54) is 32.1 Å². The van der Waals surface area contributed by atoms with Crippen LogP contribution in [0.5, 0.6) is 0 Å². The van der Waals surface area contributed by atoms with Gasteiger partial charge in [0.25, 0.3) is 5.91 Å². The monoisotopic (exact) mass is 295 g/mol. The van der Waals surface area contributed by atoms with Crippen LogP contribution in [0.3, 0.4) is 0 Å². The quantitative estimate of drug-likeness (QED) is 0.812. The lowest BCUT2D eigenvalue weighted by Crippen LogP contribution is -2.53. The lowest BCUT2D eigenvalue weighted by atomic mass is 9.92. The number of ether oxygens (including phenoxy) is 1. The second-order valence-electron chi connectivity index (χ2n) is 6.67. The lowest BCUT2D eigenvalue weighted by Gasteiger charge is -2.39. The number of hydrogen-bond acceptors (Lipinski definition) is 4. The summed E-state index contributed by atoms with van der Waals surface area (Å²) in [5.41, 5.74) is 0. The van der Waals surface area contributed by atoms with Gasteiger partial charge in [0.2, 0.25) is 0 Å². The smallest absolute Gasteiger partial charge is 0.250 e. The van der Waals surface area contributed by atoms with Gasteiger partial charge in [0.1, 0.15) is 6.10 Å². The molecule has 0 aromatic rings. The van der Waals surface area contributed by atoms with Crippen LogP contribution >= 0.6 is 0 Å². The minimum Gasteiger partial charge on any atom is -0.366 e. The Morgan fingerprint density at radius 3 is 2.52 bits per heavy atom. The second-order valence-corrected chi connectivity index (χ2v) is 6.67. The average molecular weight is 295 g/mol. The van der Waals surface area contributed by atoms with E-state index < -0.39 is 0 Å². The third kappa shape index (κ3) is 4.18. The Kier molecular flexibility index (Phi) is 5.49. The van der Waals surface area contributed by atoms with Crippen molar-refractivity contribution < 1.29 is 9.53 Å². The highest BCUT2D eigenvalue weighted by molar-refractivity contribution is 5.81. The topological polar surface area (TPSA) is 53.6 Å². The molecule has 3 aliphatic rings. The number of piperidine rings is 1. The molecule has 1 aliphatic carbocycles. The molecule has 5 nitrogen and oxygen atoms in total. The molecule has 3 rings (SSSR count). The number of morpholine rings is 1. The average Bonchev–Trinajstić information content (AvgIpc) is 2.57. The van der Waals surface area contributed by atoms with Gasteiger partial charge in [-0.3, -0.25) is 4.79 Å². The number of hydrogen-bond donors (Lipinski definition) is 2. The van der Waals surface area contributed by atoms with Crippen molar-refractivity contribution in [3.63, 3.8) is 0 Å². The first-order valence-corrected chi connectivity index (χ1v) is 8.69. The van der Waals surface area contributed by atoms with Gasteiger partial charge in [0.05, 0.1) is 6.61 Å². The van der Waals surface area contributed by atoms with E-state index in [2.05, 4.69) is 15.5 Å². The van der Waals surface area contributed by atoms with Crippen molar-refractivity contribution in [1.82, 2.24) is 15.5 Å². The van der Waals surface area contributed by atoms with Crippen molar-refractivity contribution in [3.8, 4) is 0 Å². The van der Waals surface area contributed by atoms with E-state index in [0.29, 0.717) is 19.2 Å². The Bertz CT molecular complexity index is 330. The number of likely N-dealkylation sites (tertiary alicyclic amines) is 1. The molecule has 0 bridgehead atoms. The normalized spacial score (nSPS) is 30.2. The molecular formula is C16H29N3O2. The largest absolute Gasteiger partial charge is 0.366 e. The zero-order chi connectivity index (χ0) is 14.5. The van der Waals surface area contributed by atoms with Gasteiger partial charge in [-0.2, -0.15) is 0 Å². The summed E-state index contributed by atoms with van der Waals surface area (Å²) in [4.78, 5) is 14.8. The van der Waals surface area contributed by atoms with Crippen LogP contribution < -0.4 is 10.6 Å². The predicted octanol–water partition coefficient (Wildman–Crippen LogP) is 0.888. The van der Waals surface area contributed by atoms with E-state index in [1.807, 2.05) is 0 Å². The molecule has 1 unspecified atom stereocenters. The van der Waals surface area contributed by atoms with E-state index in [4.69, 9.17) is 4.74 Å². The molecule has 120 valence electrons. The molecule has 1 saturated carbocycles. The maximum absolute atomic E-state index is 12.2. The number of rotatable bonds is 3. The van der Waals surface area contributed by atoms with Gasteiger partial charge in [-0.05, 0) is 25.7 Å². The zero-order valence-electron chi connectivity index (χ0n) is 13.0. The molecule has 0 aromatic heterocycles. The maximum Gasteiger partial charge on any atom is 0.250 e. The van der Waals surface area contributed by atoms with Gasteiger partial charge >= 0.3 is 0 Å². The summed E-state index contributed by atoms with van der Waals surface area (Å²) < 4.78 is 5.51. The molecule has 0 radical (unpaired) electrons. The highest BCUT2D eigenvalue weighted by Gasteiger charge is 2.29. The molecule has 3 fully saturated rings. The van der Waals surface area contributed by atoms with E-state index >= 15 is 0 Å². The fourth-order valence-corrected chi connectivity index (χ4v) is 3.88. The van der Waals surface area contributed by atoms with Crippen LogP contribution in [0, 0.1) is 0 Å². The van der Waals surface area contributed by atoms with Crippen LogP contribution in [0.2, 0.25) is 0 Å². The molecule has 21 heavy (non-hydrogen) atoms. The van der Waals surface area contributed by atoms with Crippen molar-refractivity contribution in [2.75, 3.05) is 32.8 Å².